The van der Waals surface area contributed by atoms with Crippen LogP contribution in [0.1, 0.15) is 5.56 Å². The van der Waals surface area contributed by atoms with E-state index in [4.69, 9.17) is 0 Å². The zero-order valence-electron chi connectivity index (χ0n) is 9.32. The quantitative estimate of drug-likeness (QED) is 0.806. The number of nitrogens with one attached hydrogen (secondary N) is 1. The van der Waals surface area contributed by atoms with E-state index in [0.717, 1.165) is 26.2 Å². The molecule has 1 heterocycles. The molecule has 1 aromatic carbocycles. The fraction of sp³-hybridized carbons (Fsp3) is 0.455. The van der Waals surface area contributed by atoms with Gasteiger partial charge in [0.2, 0.25) is 0 Å². The molecule has 0 aromatic heterocycles. The van der Waals surface area contributed by atoms with Crippen LogP contribution >= 0.6 is 0 Å². The lowest BCUT2D eigenvalue weighted by Gasteiger charge is -2.30. The number of nitrogens with zero attached hydrogens (tertiary/aromatic N) is 1. The van der Waals surface area contributed by atoms with Gasteiger partial charge in [0.05, 0.1) is 5.69 Å². The van der Waals surface area contributed by atoms with E-state index in [1.165, 1.54) is 6.07 Å². The highest BCUT2D eigenvalue weighted by atomic mass is 32.2. The molecule has 0 amide bonds. The lowest BCUT2D eigenvalue weighted by molar-refractivity contribution is 0.532. The first-order chi connectivity index (χ1) is 8.18. The molecular formula is C11H14FN2O2S-. The Balaban J connectivity index is 2.24. The first-order valence-corrected chi connectivity index (χ1v) is 6.72. The molecule has 0 radical (unpaired) electrons. The Hall–Kier alpha value is -0.980. The molecule has 17 heavy (non-hydrogen) atoms. The van der Waals surface area contributed by atoms with E-state index >= 15 is 0 Å². The minimum Gasteiger partial charge on any atom is -0.772 e. The monoisotopic (exact) mass is 257 g/mol. The highest BCUT2D eigenvalue weighted by Gasteiger charge is 2.16. The summed E-state index contributed by atoms with van der Waals surface area (Å²) in [6, 6.07) is 4.90. The van der Waals surface area contributed by atoms with Gasteiger partial charge in [-0.2, -0.15) is 0 Å². The molecule has 1 saturated heterocycles. The highest BCUT2D eigenvalue weighted by molar-refractivity contribution is 7.78. The molecule has 2 rings (SSSR count). The third kappa shape index (κ3) is 3.02. The lowest BCUT2D eigenvalue weighted by Crippen LogP contribution is -2.44. The summed E-state index contributed by atoms with van der Waals surface area (Å²) in [6.45, 7) is 3.11. The molecule has 0 aliphatic carbocycles. The van der Waals surface area contributed by atoms with E-state index < -0.39 is 16.9 Å². The van der Waals surface area contributed by atoms with Gasteiger partial charge in [0.15, 0.2) is 5.82 Å². The number of hydrogen-bond donors (Lipinski definition) is 1. The molecular weight excluding hydrogens is 243 g/mol. The van der Waals surface area contributed by atoms with Crippen LogP contribution in [0.4, 0.5) is 10.1 Å². The van der Waals surface area contributed by atoms with Crippen molar-refractivity contribution in [1.82, 2.24) is 5.32 Å². The van der Waals surface area contributed by atoms with Crippen molar-refractivity contribution < 1.29 is 13.2 Å². The second kappa shape index (κ2) is 5.57. The Bertz CT molecular complexity index is 422. The summed E-state index contributed by atoms with van der Waals surface area (Å²) < 4.78 is 35.3. The summed E-state index contributed by atoms with van der Waals surface area (Å²) in [5.41, 5.74) is 0.726. The van der Waals surface area contributed by atoms with Gasteiger partial charge < -0.3 is 14.8 Å². The Morgan fingerprint density at radius 2 is 2.12 bits per heavy atom. The zero-order valence-corrected chi connectivity index (χ0v) is 10.1. The van der Waals surface area contributed by atoms with Crippen LogP contribution in [0.25, 0.3) is 0 Å². The van der Waals surface area contributed by atoms with Crippen LogP contribution in [-0.4, -0.2) is 34.9 Å². The van der Waals surface area contributed by atoms with Crippen LogP contribution in [0.3, 0.4) is 0 Å². The predicted molar refractivity (Wildman–Crippen MR) is 64.1 cm³/mol. The first-order valence-electron chi connectivity index (χ1n) is 5.47. The third-order valence-electron chi connectivity index (χ3n) is 2.79. The zero-order chi connectivity index (χ0) is 12.3. The van der Waals surface area contributed by atoms with E-state index in [9.17, 15) is 13.2 Å². The summed E-state index contributed by atoms with van der Waals surface area (Å²) in [4.78, 5) is 1.93. The average molecular weight is 257 g/mol. The Morgan fingerprint density at radius 1 is 1.41 bits per heavy atom. The van der Waals surface area contributed by atoms with Crippen molar-refractivity contribution in [3.05, 3.63) is 29.6 Å². The van der Waals surface area contributed by atoms with E-state index in [1.807, 2.05) is 4.90 Å². The molecule has 1 N–H and O–H groups in total. The fourth-order valence-corrected chi connectivity index (χ4v) is 2.43. The van der Waals surface area contributed by atoms with Crippen molar-refractivity contribution in [3.63, 3.8) is 0 Å². The summed E-state index contributed by atoms with van der Waals surface area (Å²) in [7, 11) is 0. The smallest absolute Gasteiger partial charge is 0.150 e. The number of hydrogen-bond acceptors (Lipinski definition) is 4. The van der Waals surface area contributed by atoms with Gasteiger partial charge in [-0.3, -0.25) is 4.21 Å². The van der Waals surface area contributed by atoms with Gasteiger partial charge in [-0.1, -0.05) is 23.2 Å². The maximum Gasteiger partial charge on any atom is 0.150 e. The van der Waals surface area contributed by atoms with Crippen LogP contribution in [0.5, 0.6) is 0 Å². The number of piperazine rings is 1. The van der Waals surface area contributed by atoms with Gasteiger partial charge in [0.25, 0.3) is 0 Å². The molecule has 94 valence electrons. The maximum absolute atomic E-state index is 14.1. The summed E-state index contributed by atoms with van der Waals surface area (Å²) in [5, 5.41) is 3.19. The van der Waals surface area contributed by atoms with E-state index in [0.29, 0.717) is 5.69 Å². The number of halogens is 1. The minimum atomic E-state index is -2.26. The second-order valence-electron chi connectivity index (χ2n) is 3.94. The Morgan fingerprint density at radius 3 is 2.76 bits per heavy atom. The molecule has 1 aromatic rings. The lowest BCUT2D eigenvalue weighted by atomic mass is 10.2. The van der Waals surface area contributed by atoms with E-state index in [1.54, 1.807) is 12.1 Å². The predicted octanol–water partition coefficient (Wildman–Crippen LogP) is 0.614. The second-order valence-corrected chi connectivity index (χ2v) is 4.83. The molecule has 4 nitrogen and oxygen atoms in total. The molecule has 6 heteroatoms. The first kappa shape index (κ1) is 12.5. The van der Waals surface area contributed by atoms with Crippen LogP contribution in [0.15, 0.2) is 18.2 Å². The van der Waals surface area contributed by atoms with Gasteiger partial charge >= 0.3 is 0 Å². The molecule has 1 fully saturated rings. The topological polar surface area (TPSA) is 55.4 Å². The molecule has 0 saturated carbocycles. The van der Waals surface area contributed by atoms with Crippen LogP contribution < -0.4 is 10.2 Å². The highest BCUT2D eigenvalue weighted by Crippen LogP contribution is 2.23. The van der Waals surface area contributed by atoms with Crippen molar-refractivity contribution >= 4 is 16.8 Å². The maximum atomic E-state index is 14.1. The van der Waals surface area contributed by atoms with Gasteiger partial charge in [0, 0.05) is 37.5 Å². The van der Waals surface area contributed by atoms with Crippen molar-refractivity contribution in [2.45, 2.75) is 5.75 Å². The Labute approximate surface area is 102 Å². The third-order valence-corrected chi connectivity index (χ3v) is 3.34. The van der Waals surface area contributed by atoms with Crippen molar-refractivity contribution in [2.24, 2.45) is 0 Å². The van der Waals surface area contributed by atoms with Crippen LogP contribution in [0, 0.1) is 5.82 Å². The van der Waals surface area contributed by atoms with Crippen molar-refractivity contribution in [3.8, 4) is 0 Å². The van der Waals surface area contributed by atoms with Gasteiger partial charge in [-0.05, 0) is 6.07 Å². The molecule has 0 bridgehead atoms. The molecule has 1 aliphatic heterocycles. The SMILES string of the molecule is O=S([O-])Cc1cccc(N2CCNCC2)c1F. The van der Waals surface area contributed by atoms with Crippen molar-refractivity contribution in [2.75, 3.05) is 31.1 Å². The largest absolute Gasteiger partial charge is 0.772 e. The summed E-state index contributed by atoms with van der Waals surface area (Å²) >= 11 is -2.26. The van der Waals surface area contributed by atoms with Crippen molar-refractivity contribution in [1.29, 1.82) is 0 Å². The minimum absolute atomic E-state index is 0.231. The number of benzene rings is 1. The van der Waals surface area contributed by atoms with E-state index in [-0.39, 0.29) is 11.3 Å². The number of rotatable bonds is 3. The van der Waals surface area contributed by atoms with Crippen LogP contribution in [-0.2, 0) is 16.8 Å². The molecule has 1 atom stereocenters. The van der Waals surface area contributed by atoms with E-state index in [2.05, 4.69) is 5.32 Å². The molecule has 0 spiro atoms. The summed E-state index contributed by atoms with van der Waals surface area (Å²) in [5.74, 6) is -0.690. The molecule has 1 unspecified atom stereocenters. The normalized spacial score (nSPS) is 18.1. The van der Waals surface area contributed by atoms with Gasteiger partial charge in [0.1, 0.15) is 0 Å². The average Bonchev–Trinajstić information content (AvgIpc) is 2.32. The Kier molecular flexibility index (Phi) is 4.09. The van der Waals surface area contributed by atoms with Gasteiger partial charge in [-0.15, -0.1) is 0 Å². The van der Waals surface area contributed by atoms with Crippen LogP contribution in [0.2, 0.25) is 0 Å². The fourth-order valence-electron chi connectivity index (χ4n) is 1.95. The standard InChI is InChI=1S/C11H15FN2O2S/c12-11-9(8-17(15)16)2-1-3-10(11)14-6-4-13-5-7-14/h1-3,13H,4-8H2,(H,15,16)/p-1. The number of anilines is 1. The summed E-state index contributed by atoms with van der Waals surface area (Å²) in [6.07, 6.45) is 0. The molecule has 1 aliphatic rings. The van der Waals surface area contributed by atoms with Gasteiger partial charge in [-0.25, -0.2) is 4.39 Å².